The summed E-state index contributed by atoms with van der Waals surface area (Å²) in [7, 11) is 0. The third kappa shape index (κ3) is 12.1. The Morgan fingerprint density at radius 3 is 0.267 bits per heavy atom. The molecule has 0 aliphatic carbocycles. The fraction of sp³-hybridized carbons (Fsp3) is 0. The zero-order chi connectivity index (χ0) is 61.5. The second-order valence-electron chi connectivity index (χ2n) is 22.3. The van der Waals surface area contributed by atoms with Gasteiger partial charge in [0.15, 0.2) is 0 Å². The zero-order valence-electron chi connectivity index (χ0n) is 49.2. The minimum Gasteiger partial charge on any atom is -0.115 e. The van der Waals surface area contributed by atoms with Gasteiger partial charge in [0.1, 0.15) is 0 Å². The molecule has 0 radical (unpaired) electrons. The first-order chi connectivity index (χ1) is 44.2. The summed E-state index contributed by atoms with van der Waals surface area (Å²) in [5.41, 5.74) is 31.1. The standard InChI is InChI=1S/C90H54/c1-7-61-13-25-67(26-14-61)79-49-80(68-27-15-62(8-2)16-28-68)53-85(52-79)73-37-43-76(44-38-73)88-58-89(77-45-39-74(40-46-77)86-54-81(69-29-17-63(9-3)18-30-69)50-82(55-86)70-31-19-64(10-4)20-32-70)60-90(59-88)78-47-41-75(42-48-78)87-56-83(71-33-21-65(11-5)22-34-71)51-84(57-87)72-35-23-66(12-6)24-36-72/h1-6,13-60H. The van der Waals surface area contributed by atoms with Gasteiger partial charge < -0.3 is 0 Å². The van der Waals surface area contributed by atoms with E-state index in [0.717, 1.165) is 167 Å². The molecule has 0 amide bonds. The van der Waals surface area contributed by atoms with Gasteiger partial charge in [0, 0.05) is 33.4 Å². The Morgan fingerprint density at radius 2 is 0.189 bits per heavy atom. The molecule has 0 spiro atoms. The molecule has 0 nitrogen and oxygen atoms in total. The van der Waals surface area contributed by atoms with Gasteiger partial charge in [-0.15, -0.1) is 38.5 Å². The van der Waals surface area contributed by atoms with Crippen molar-refractivity contribution < 1.29 is 0 Å². The first-order valence-electron chi connectivity index (χ1n) is 29.6. The SMILES string of the molecule is C#Cc1ccc(-c2cc(-c3ccc(C#C)cc3)cc(-c3ccc(-c4cc(-c5ccc(-c6cc(-c7ccc(C#C)cc7)cc(-c7ccc(C#C)cc7)c6)cc5)cc(-c5ccc(-c6cc(-c7ccc(C#C)cc7)cc(-c7ccc(C#C)cc7)c6)cc5)c4)cc3)c2)cc1. The van der Waals surface area contributed by atoms with Gasteiger partial charge in [-0.25, -0.2) is 0 Å². The third-order valence-electron chi connectivity index (χ3n) is 16.7. The molecule has 0 N–H and O–H groups in total. The second kappa shape index (κ2) is 25.0. The van der Waals surface area contributed by atoms with Crippen molar-refractivity contribution in [2.45, 2.75) is 0 Å². The molecule has 0 saturated carbocycles. The van der Waals surface area contributed by atoms with Crippen LogP contribution in [0.25, 0.3) is 134 Å². The van der Waals surface area contributed by atoms with E-state index in [1.165, 1.54) is 0 Å². The largest absolute Gasteiger partial charge is 0.115 e. The molecule has 90 heavy (non-hydrogen) atoms. The molecule has 0 unspecified atom stereocenters. The highest BCUT2D eigenvalue weighted by Crippen LogP contribution is 2.41. The summed E-state index contributed by atoms with van der Waals surface area (Å²) in [4.78, 5) is 0. The summed E-state index contributed by atoms with van der Waals surface area (Å²) in [5, 5.41) is 0. The van der Waals surface area contributed by atoms with E-state index >= 15 is 0 Å². The van der Waals surface area contributed by atoms with Crippen molar-refractivity contribution in [1.82, 2.24) is 0 Å². The van der Waals surface area contributed by atoms with Crippen molar-refractivity contribution >= 4 is 0 Å². The average molecular weight is 1140 g/mol. The Bertz CT molecular complexity index is 4340. The van der Waals surface area contributed by atoms with Crippen LogP contribution in [0.3, 0.4) is 0 Å². The van der Waals surface area contributed by atoms with E-state index in [4.69, 9.17) is 38.5 Å². The molecule has 0 saturated heterocycles. The average Bonchev–Trinajstić information content (AvgIpc) is 2.57. The fourth-order valence-electron chi connectivity index (χ4n) is 11.6. The zero-order valence-corrected chi connectivity index (χ0v) is 49.2. The molecule has 13 aromatic carbocycles. The van der Waals surface area contributed by atoms with E-state index < -0.39 is 0 Å². The van der Waals surface area contributed by atoms with Crippen molar-refractivity contribution in [3.8, 4) is 208 Å². The van der Waals surface area contributed by atoms with Gasteiger partial charge in [0.25, 0.3) is 0 Å². The van der Waals surface area contributed by atoms with Gasteiger partial charge in [-0.3, -0.25) is 0 Å². The number of rotatable bonds is 12. The molecule has 0 heterocycles. The van der Waals surface area contributed by atoms with Crippen molar-refractivity contribution in [1.29, 1.82) is 0 Å². The van der Waals surface area contributed by atoms with Gasteiger partial charge in [-0.1, -0.05) is 181 Å². The smallest absolute Gasteiger partial charge is 0.0243 e. The van der Waals surface area contributed by atoms with E-state index in [9.17, 15) is 0 Å². The van der Waals surface area contributed by atoms with Crippen molar-refractivity contribution in [3.63, 3.8) is 0 Å². The Kier molecular flexibility index (Phi) is 15.7. The number of benzene rings is 13. The predicted octanol–water partition coefficient (Wildman–Crippen LogP) is 21.6. The van der Waals surface area contributed by atoms with Crippen molar-refractivity contribution in [2.24, 2.45) is 0 Å². The van der Waals surface area contributed by atoms with Gasteiger partial charge in [-0.2, -0.15) is 0 Å². The summed E-state index contributed by atoms with van der Waals surface area (Å²) in [6.07, 6.45) is 34.6. The minimum atomic E-state index is 0.838. The Hall–Kier alpha value is -12.8. The Balaban J connectivity index is 0.899. The molecule has 13 rings (SSSR count). The normalized spacial score (nSPS) is 10.6. The molecule has 0 aromatic heterocycles. The molecule has 0 fully saturated rings. The van der Waals surface area contributed by atoms with Crippen LogP contribution in [0.1, 0.15) is 33.4 Å². The van der Waals surface area contributed by atoms with Gasteiger partial charge >= 0.3 is 0 Å². The lowest BCUT2D eigenvalue weighted by Crippen LogP contribution is -1.89. The lowest BCUT2D eigenvalue weighted by molar-refractivity contribution is 1.53. The van der Waals surface area contributed by atoms with Crippen LogP contribution in [0.15, 0.2) is 291 Å². The second-order valence-corrected chi connectivity index (χ2v) is 22.3. The lowest BCUT2D eigenvalue weighted by atomic mass is 9.89. The topological polar surface area (TPSA) is 0 Å². The Labute approximate surface area is 528 Å². The van der Waals surface area contributed by atoms with E-state index in [1.807, 2.05) is 72.8 Å². The van der Waals surface area contributed by atoms with E-state index in [-0.39, 0.29) is 0 Å². The molecule has 0 aliphatic rings. The first-order valence-corrected chi connectivity index (χ1v) is 29.6. The maximum absolute atomic E-state index is 5.77. The molecule has 0 atom stereocenters. The number of hydrogen-bond acceptors (Lipinski definition) is 0. The first kappa shape index (κ1) is 56.4. The van der Waals surface area contributed by atoms with Crippen LogP contribution >= 0.6 is 0 Å². The van der Waals surface area contributed by atoms with Crippen LogP contribution in [-0.4, -0.2) is 0 Å². The summed E-state index contributed by atoms with van der Waals surface area (Å²) >= 11 is 0. The molecule has 0 heteroatoms. The molecular weight excluding hydrogens is 1080 g/mol. The lowest BCUT2D eigenvalue weighted by Gasteiger charge is -2.15. The maximum atomic E-state index is 5.77. The quantitative estimate of drug-likeness (QED) is 0.107. The minimum absolute atomic E-state index is 0.838. The highest BCUT2D eigenvalue weighted by atomic mass is 14.2. The molecular formula is C90H54. The maximum Gasteiger partial charge on any atom is 0.0243 e. The predicted molar refractivity (Wildman–Crippen MR) is 379 cm³/mol. The van der Waals surface area contributed by atoms with E-state index in [0.29, 0.717) is 0 Å². The molecule has 0 aliphatic heterocycles. The van der Waals surface area contributed by atoms with Crippen LogP contribution in [-0.2, 0) is 0 Å². The van der Waals surface area contributed by atoms with E-state index in [1.54, 1.807) is 0 Å². The van der Waals surface area contributed by atoms with Crippen LogP contribution < -0.4 is 0 Å². The summed E-state index contributed by atoms with van der Waals surface area (Å²) in [5.74, 6) is 16.5. The van der Waals surface area contributed by atoms with Gasteiger partial charge in [-0.05, 0) is 279 Å². The summed E-state index contributed by atoms with van der Waals surface area (Å²) < 4.78 is 0. The highest BCUT2D eigenvalue weighted by molar-refractivity contribution is 5.88. The monoisotopic (exact) mass is 1130 g/mol. The Morgan fingerprint density at radius 1 is 0.111 bits per heavy atom. The molecule has 414 valence electrons. The number of hydrogen-bond donors (Lipinski definition) is 0. The molecule has 0 bridgehead atoms. The van der Waals surface area contributed by atoms with Crippen molar-refractivity contribution in [2.75, 3.05) is 0 Å². The van der Waals surface area contributed by atoms with Crippen molar-refractivity contribution in [3.05, 3.63) is 325 Å². The van der Waals surface area contributed by atoms with Crippen LogP contribution in [0.5, 0.6) is 0 Å². The third-order valence-corrected chi connectivity index (χ3v) is 16.7. The number of terminal acetylenes is 6. The summed E-state index contributed by atoms with van der Waals surface area (Å²) in [6, 6.07) is 103. The van der Waals surface area contributed by atoms with Crippen LogP contribution in [0, 0.1) is 74.1 Å². The van der Waals surface area contributed by atoms with Crippen LogP contribution in [0.4, 0.5) is 0 Å². The highest BCUT2D eigenvalue weighted by Gasteiger charge is 2.15. The summed E-state index contributed by atoms with van der Waals surface area (Å²) in [6.45, 7) is 0. The van der Waals surface area contributed by atoms with Gasteiger partial charge in [0.05, 0.1) is 0 Å². The molecule has 13 aromatic rings. The van der Waals surface area contributed by atoms with E-state index in [2.05, 4.69) is 254 Å². The van der Waals surface area contributed by atoms with Gasteiger partial charge in [0.2, 0.25) is 0 Å². The van der Waals surface area contributed by atoms with Crippen LogP contribution in [0.2, 0.25) is 0 Å². The fourth-order valence-corrected chi connectivity index (χ4v) is 11.6.